The minimum atomic E-state index is -0.881. The second kappa shape index (κ2) is 10.3. The number of carbonyl (C=O) groups is 2. The van der Waals surface area contributed by atoms with Gasteiger partial charge in [0.05, 0.1) is 0 Å². The SMILES string of the molecule is Cc1cc(Cl)ccc1OC(C)C(=O)Oc1ccc2cc(C(=O)NC3CCCCC3)c(=O)oc2c1. The summed E-state index contributed by atoms with van der Waals surface area (Å²) in [6.45, 7) is 3.41. The van der Waals surface area contributed by atoms with E-state index in [0.717, 1.165) is 31.2 Å². The van der Waals surface area contributed by atoms with Crippen molar-refractivity contribution in [3.63, 3.8) is 0 Å². The summed E-state index contributed by atoms with van der Waals surface area (Å²) in [6.07, 6.45) is 4.26. The van der Waals surface area contributed by atoms with Crippen LogP contribution in [0.5, 0.6) is 11.5 Å². The number of ether oxygens (including phenoxy) is 2. The maximum absolute atomic E-state index is 12.6. The number of hydrogen-bond acceptors (Lipinski definition) is 6. The molecule has 1 heterocycles. The van der Waals surface area contributed by atoms with Crippen LogP contribution in [-0.4, -0.2) is 24.0 Å². The number of benzene rings is 2. The van der Waals surface area contributed by atoms with Crippen LogP contribution in [0.15, 0.2) is 51.7 Å². The standard InChI is InChI=1S/C26H26ClNO6/c1-15-12-18(27)9-11-22(15)32-16(2)25(30)33-20-10-8-17-13-21(26(31)34-23(17)14-20)24(29)28-19-6-4-3-5-7-19/h8-14,16,19H,3-7H2,1-2H3,(H,28,29). The summed E-state index contributed by atoms with van der Waals surface area (Å²) in [4.78, 5) is 37.6. The van der Waals surface area contributed by atoms with Crippen LogP contribution in [0, 0.1) is 6.92 Å². The van der Waals surface area contributed by atoms with E-state index in [1.807, 2.05) is 6.92 Å². The van der Waals surface area contributed by atoms with Crippen molar-refractivity contribution in [3.05, 3.63) is 69.0 Å². The van der Waals surface area contributed by atoms with E-state index in [1.54, 1.807) is 37.3 Å². The Hall–Kier alpha value is -3.32. The lowest BCUT2D eigenvalue weighted by molar-refractivity contribution is -0.141. The van der Waals surface area contributed by atoms with Crippen LogP contribution in [0.3, 0.4) is 0 Å². The summed E-state index contributed by atoms with van der Waals surface area (Å²) in [5, 5.41) is 4.05. The van der Waals surface area contributed by atoms with Gasteiger partial charge in [-0.1, -0.05) is 30.9 Å². The van der Waals surface area contributed by atoms with Gasteiger partial charge in [-0.25, -0.2) is 9.59 Å². The zero-order valence-electron chi connectivity index (χ0n) is 19.1. The van der Waals surface area contributed by atoms with Crippen LogP contribution in [0.25, 0.3) is 11.0 Å². The van der Waals surface area contributed by atoms with Gasteiger partial charge in [0.25, 0.3) is 5.91 Å². The van der Waals surface area contributed by atoms with Gasteiger partial charge in [0.2, 0.25) is 0 Å². The molecule has 1 atom stereocenters. The van der Waals surface area contributed by atoms with Crippen molar-refractivity contribution >= 4 is 34.4 Å². The molecule has 2 aromatic carbocycles. The fourth-order valence-electron chi connectivity index (χ4n) is 4.01. The number of nitrogens with one attached hydrogen (secondary N) is 1. The van der Waals surface area contributed by atoms with Crippen molar-refractivity contribution in [2.75, 3.05) is 0 Å². The number of carbonyl (C=O) groups excluding carboxylic acids is 2. The first-order chi connectivity index (χ1) is 16.3. The normalized spacial score (nSPS) is 15.0. The molecule has 0 saturated heterocycles. The molecule has 1 unspecified atom stereocenters. The average molecular weight is 484 g/mol. The third-order valence-electron chi connectivity index (χ3n) is 5.88. The molecule has 1 aliphatic rings. The van der Waals surface area contributed by atoms with Gasteiger partial charge in [-0.2, -0.15) is 0 Å². The van der Waals surface area contributed by atoms with Gasteiger partial charge in [0.15, 0.2) is 6.10 Å². The molecule has 178 valence electrons. The van der Waals surface area contributed by atoms with E-state index in [9.17, 15) is 14.4 Å². The molecule has 3 aromatic rings. The Morgan fingerprint density at radius 3 is 2.59 bits per heavy atom. The first kappa shape index (κ1) is 23.8. The molecule has 1 N–H and O–H groups in total. The zero-order chi connectivity index (χ0) is 24.2. The Balaban J connectivity index is 1.45. The number of halogens is 1. The Kier molecular flexibility index (Phi) is 7.22. The molecule has 0 bridgehead atoms. The number of fused-ring (bicyclic) bond motifs is 1. The molecule has 0 radical (unpaired) electrons. The molecule has 1 saturated carbocycles. The van der Waals surface area contributed by atoms with E-state index >= 15 is 0 Å². The monoisotopic (exact) mass is 483 g/mol. The van der Waals surface area contributed by atoms with Crippen molar-refractivity contribution in [1.82, 2.24) is 5.32 Å². The predicted octanol–water partition coefficient (Wildman–Crippen LogP) is 5.19. The van der Waals surface area contributed by atoms with E-state index < -0.39 is 23.6 Å². The molecule has 34 heavy (non-hydrogen) atoms. The minimum absolute atomic E-state index is 0.0387. The van der Waals surface area contributed by atoms with Crippen LogP contribution >= 0.6 is 11.6 Å². The Morgan fingerprint density at radius 1 is 1.09 bits per heavy atom. The summed E-state index contributed by atoms with van der Waals surface area (Å²) in [6, 6.07) is 11.3. The van der Waals surface area contributed by atoms with Gasteiger partial charge >= 0.3 is 11.6 Å². The van der Waals surface area contributed by atoms with E-state index in [4.69, 9.17) is 25.5 Å². The van der Waals surface area contributed by atoms with Crippen molar-refractivity contribution in [2.45, 2.75) is 58.1 Å². The third kappa shape index (κ3) is 5.59. The smallest absolute Gasteiger partial charge is 0.352 e. The maximum atomic E-state index is 12.6. The fourth-order valence-corrected chi connectivity index (χ4v) is 4.23. The van der Waals surface area contributed by atoms with E-state index in [0.29, 0.717) is 16.2 Å². The lowest BCUT2D eigenvalue weighted by atomic mass is 9.95. The molecule has 0 aliphatic heterocycles. The van der Waals surface area contributed by atoms with Crippen LogP contribution in [0.1, 0.15) is 54.9 Å². The second-order valence-corrected chi connectivity index (χ2v) is 8.98. The van der Waals surface area contributed by atoms with E-state index in [1.165, 1.54) is 18.6 Å². The predicted molar refractivity (Wildman–Crippen MR) is 129 cm³/mol. The molecular weight excluding hydrogens is 458 g/mol. The van der Waals surface area contributed by atoms with Gasteiger partial charge in [-0.05, 0) is 68.7 Å². The fraction of sp³-hybridized carbons (Fsp3) is 0.346. The summed E-state index contributed by atoms with van der Waals surface area (Å²) >= 11 is 5.95. The highest BCUT2D eigenvalue weighted by molar-refractivity contribution is 6.30. The number of hydrogen-bond donors (Lipinski definition) is 1. The van der Waals surface area contributed by atoms with Crippen molar-refractivity contribution < 1.29 is 23.5 Å². The van der Waals surface area contributed by atoms with Crippen molar-refractivity contribution in [3.8, 4) is 11.5 Å². The lowest BCUT2D eigenvalue weighted by Crippen LogP contribution is -2.38. The molecule has 7 nitrogen and oxygen atoms in total. The van der Waals surface area contributed by atoms with Gasteiger partial charge in [0, 0.05) is 22.5 Å². The number of esters is 1. The lowest BCUT2D eigenvalue weighted by Gasteiger charge is -2.22. The quantitative estimate of drug-likeness (QED) is 0.294. The van der Waals surface area contributed by atoms with Gasteiger partial charge < -0.3 is 19.2 Å². The molecular formula is C26H26ClNO6. The van der Waals surface area contributed by atoms with E-state index in [-0.39, 0.29) is 22.9 Å². The molecule has 1 fully saturated rings. The highest BCUT2D eigenvalue weighted by Crippen LogP contribution is 2.25. The third-order valence-corrected chi connectivity index (χ3v) is 6.12. The maximum Gasteiger partial charge on any atom is 0.352 e. The van der Waals surface area contributed by atoms with Gasteiger partial charge in [0.1, 0.15) is 22.6 Å². The van der Waals surface area contributed by atoms with Crippen LogP contribution in [-0.2, 0) is 4.79 Å². The van der Waals surface area contributed by atoms with Gasteiger partial charge in [-0.15, -0.1) is 0 Å². The average Bonchev–Trinajstić information content (AvgIpc) is 2.81. The number of rotatable bonds is 6. The highest BCUT2D eigenvalue weighted by atomic mass is 35.5. The molecule has 0 spiro atoms. The Morgan fingerprint density at radius 2 is 1.85 bits per heavy atom. The topological polar surface area (TPSA) is 94.8 Å². The van der Waals surface area contributed by atoms with Gasteiger partial charge in [-0.3, -0.25) is 4.79 Å². The first-order valence-corrected chi connectivity index (χ1v) is 11.7. The van der Waals surface area contributed by atoms with Crippen LogP contribution in [0.2, 0.25) is 5.02 Å². The largest absolute Gasteiger partial charge is 0.479 e. The number of aryl methyl sites for hydroxylation is 1. The van der Waals surface area contributed by atoms with E-state index in [2.05, 4.69) is 5.32 Å². The number of amides is 1. The molecule has 8 heteroatoms. The van der Waals surface area contributed by atoms with Crippen LogP contribution in [0.4, 0.5) is 0 Å². The molecule has 1 aliphatic carbocycles. The van der Waals surface area contributed by atoms with Crippen LogP contribution < -0.4 is 20.4 Å². The summed E-state index contributed by atoms with van der Waals surface area (Å²) in [7, 11) is 0. The highest BCUT2D eigenvalue weighted by Gasteiger charge is 2.21. The summed E-state index contributed by atoms with van der Waals surface area (Å²) in [5.41, 5.74) is 0.233. The Bertz CT molecular complexity index is 1280. The molecule has 1 aromatic heterocycles. The minimum Gasteiger partial charge on any atom is -0.479 e. The first-order valence-electron chi connectivity index (χ1n) is 11.3. The van der Waals surface area contributed by atoms with Crippen molar-refractivity contribution in [1.29, 1.82) is 0 Å². The molecule has 4 rings (SSSR count). The molecule has 1 amide bonds. The second-order valence-electron chi connectivity index (χ2n) is 8.55. The summed E-state index contributed by atoms with van der Waals surface area (Å²) in [5.74, 6) is -0.318. The zero-order valence-corrected chi connectivity index (χ0v) is 19.8. The van der Waals surface area contributed by atoms with Crippen molar-refractivity contribution in [2.24, 2.45) is 0 Å². The summed E-state index contributed by atoms with van der Waals surface area (Å²) < 4.78 is 16.5. The Labute approximate surface area is 202 Å².